The Morgan fingerprint density at radius 3 is 2.67 bits per heavy atom. The summed E-state index contributed by atoms with van der Waals surface area (Å²) in [6.45, 7) is 5.10. The number of hydrogen-bond donors (Lipinski definition) is 2. The summed E-state index contributed by atoms with van der Waals surface area (Å²) < 4.78 is 26.7. The van der Waals surface area contributed by atoms with Crippen LogP contribution in [0.4, 0.5) is 0 Å². The SMILES string of the molecule is C=CC(C)NS(=O)(=O)c1cc(C(=O)O)ccc1Br. The van der Waals surface area contributed by atoms with E-state index in [2.05, 4.69) is 27.2 Å². The highest BCUT2D eigenvalue weighted by Crippen LogP contribution is 2.23. The van der Waals surface area contributed by atoms with Gasteiger partial charge in [0.25, 0.3) is 0 Å². The van der Waals surface area contributed by atoms with E-state index in [-0.39, 0.29) is 10.5 Å². The third kappa shape index (κ3) is 3.41. The highest BCUT2D eigenvalue weighted by molar-refractivity contribution is 9.10. The maximum atomic E-state index is 12.0. The zero-order valence-electron chi connectivity index (χ0n) is 9.55. The first kappa shape index (κ1) is 14.9. The van der Waals surface area contributed by atoms with E-state index in [1.807, 2.05) is 0 Å². The fourth-order valence-electron chi connectivity index (χ4n) is 1.20. The van der Waals surface area contributed by atoms with Crippen molar-refractivity contribution in [2.24, 2.45) is 0 Å². The molecule has 0 bridgehead atoms. The van der Waals surface area contributed by atoms with E-state index in [0.29, 0.717) is 4.47 Å². The Balaban J connectivity index is 3.27. The second-order valence-electron chi connectivity index (χ2n) is 3.60. The minimum absolute atomic E-state index is 0.0927. The van der Waals surface area contributed by atoms with Crippen molar-refractivity contribution in [1.82, 2.24) is 4.72 Å². The molecule has 0 aliphatic rings. The Hall–Kier alpha value is -1.18. The number of hydrogen-bond acceptors (Lipinski definition) is 3. The van der Waals surface area contributed by atoms with Crippen LogP contribution in [-0.4, -0.2) is 25.5 Å². The molecule has 5 nitrogen and oxygen atoms in total. The quantitative estimate of drug-likeness (QED) is 0.807. The second kappa shape index (κ2) is 5.64. The van der Waals surface area contributed by atoms with Crippen LogP contribution in [0.15, 0.2) is 40.2 Å². The van der Waals surface area contributed by atoms with Crippen LogP contribution in [0.1, 0.15) is 17.3 Å². The van der Waals surface area contributed by atoms with E-state index < -0.39 is 22.0 Å². The Morgan fingerprint density at radius 2 is 2.17 bits per heavy atom. The van der Waals surface area contributed by atoms with Crippen LogP contribution in [0.25, 0.3) is 0 Å². The Morgan fingerprint density at radius 1 is 1.56 bits per heavy atom. The van der Waals surface area contributed by atoms with Crippen molar-refractivity contribution < 1.29 is 18.3 Å². The first-order chi connectivity index (χ1) is 8.27. The molecule has 0 heterocycles. The molecule has 0 spiro atoms. The van der Waals surface area contributed by atoms with Crippen LogP contribution in [0.3, 0.4) is 0 Å². The summed E-state index contributed by atoms with van der Waals surface area (Å²) in [6.07, 6.45) is 1.44. The Kier molecular flexibility index (Phi) is 4.66. The van der Waals surface area contributed by atoms with Gasteiger partial charge in [-0.2, -0.15) is 0 Å². The van der Waals surface area contributed by atoms with Gasteiger partial charge in [0.05, 0.1) is 10.5 Å². The third-order valence-electron chi connectivity index (χ3n) is 2.16. The average Bonchev–Trinajstić information content (AvgIpc) is 2.28. The molecule has 0 aliphatic carbocycles. The normalized spacial score (nSPS) is 13.0. The number of halogens is 1. The average molecular weight is 334 g/mol. The van der Waals surface area contributed by atoms with Gasteiger partial charge in [0, 0.05) is 10.5 Å². The van der Waals surface area contributed by atoms with Crippen LogP contribution in [0, 0.1) is 0 Å². The van der Waals surface area contributed by atoms with Gasteiger partial charge in [-0.3, -0.25) is 0 Å². The van der Waals surface area contributed by atoms with E-state index in [1.54, 1.807) is 6.92 Å². The summed E-state index contributed by atoms with van der Waals surface area (Å²) in [5.74, 6) is -1.18. The summed E-state index contributed by atoms with van der Waals surface area (Å²) in [7, 11) is -3.79. The molecular weight excluding hydrogens is 322 g/mol. The first-order valence-corrected chi connectivity index (χ1v) is 7.23. The number of rotatable bonds is 5. The van der Waals surface area contributed by atoms with Crippen LogP contribution in [-0.2, 0) is 10.0 Å². The van der Waals surface area contributed by atoms with Gasteiger partial charge in [0.1, 0.15) is 0 Å². The molecule has 0 aliphatic heterocycles. The van der Waals surface area contributed by atoms with E-state index in [4.69, 9.17) is 5.11 Å². The molecule has 2 N–H and O–H groups in total. The van der Waals surface area contributed by atoms with Crippen molar-refractivity contribution in [3.05, 3.63) is 40.9 Å². The topological polar surface area (TPSA) is 83.5 Å². The van der Waals surface area contributed by atoms with Gasteiger partial charge in [0.2, 0.25) is 10.0 Å². The minimum atomic E-state index is -3.79. The molecule has 7 heteroatoms. The van der Waals surface area contributed by atoms with Crippen LogP contribution in [0.5, 0.6) is 0 Å². The lowest BCUT2D eigenvalue weighted by Gasteiger charge is -2.12. The van der Waals surface area contributed by atoms with Gasteiger partial charge in [-0.05, 0) is 41.1 Å². The fraction of sp³-hybridized carbons (Fsp3) is 0.182. The lowest BCUT2D eigenvalue weighted by atomic mass is 10.2. The Bertz CT molecular complexity index is 583. The smallest absolute Gasteiger partial charge is 0.335 e. The van der Waals surface area contributed by atoms with Gasteiger partial charge in [0.15, 0.2) is 0 Å². The van der Waals surface area contributed by atoms with E-state index in [1.165, 1.54) is 18.2 Å². The van der Waals surface area contributed by atoms with Crippen LogP contribution < -0.4 is 4.72 Å². The standard InChI is InChI=1S/C11H12BrNO4S/c1-3-7(2)13-18(16,17)10-6-8(11(14)15)4-5-9(10)12/h3-7,13H,1H2,2H3,(H,14,15). The Labute approximate surface area is 114 Å². The number of carboxylic acid groups (broad SMARTS) is 1. The highest BCUT2D eigenvalue weighted by Gasteiger charge is 2.20. The molecule has 0 saturated carbocycles. The second-order valence-corrected chi connectivity index (χ2v) is 6.13. The van der Waals surface area contributed by atoms with E-state index >= 15 is 0 Å². The van der Waals surface area contributed by atoms with Crippen molar-refractivity contribution in [3.63, 3.8) is 0 Å². The van der Waals surface area contributed by atoms with E-state index in [0.717, 1.165) is 6.07 Å². The predicted octanol–water partition coefficient (Wildman–Crippen LogP) is 2.00. The molecule has 1 aromatic carbocycles. The molecule has 1 aromatic rings. The maximum absolute atomic E-state index is 12.0. The molecule has 1 unspecified atom stereocenters. The van der Waals surface area contributed by atoms with Gasteiger partial charge >= 0.3 is 5.97 Å². The molecule has 1 rings (SSSR count). The van der Waals surface area contributed by atoms with Gasteiger partial charge in [-0.1, -0.05) is 6.08 Å². The lowest BCUT2D eigenvalue weighted by molar-refractivity contribution is 0.0696. The summed E-state index contributed by atoms with van der Waals surface area (Å²) in [5.41, 5.74) is -0.0927. The molecular formula is C11H12BrNO4S. The molecule has 0 amide bonds. The summed E-state index contributed by atoms with van der Waals surface area (Å²) in [5, 5.41) is 8.85. The lowest BCUT2D eigenvalue weighted by Crippen LogP contribution is -2.31. The third-order valence-corrected chi connectivity index (χ3v) is 4.72. The molecule has 1 atom stereocenters. The zero-order valence-corrected chi connectivity index (χ0v) is 12.0. The minimum Gasteiger partial charge on any atom is -0.478 e. The number of aromatic carboxylic acids is 1. The fourth-order valence-corrected chi connectivity index (χ4v) is 3.40. The monoisotopic (exact) mass is 333 g/mol. The number of nitrogens with one attached hydrogen (secondary N) is 1. The number of carboxylic acids is 1. The van der Waals surface area contributed by atoms with Gasteiger partial charge in [-0.15, -0.1) is 6.58 Å². The van der Waals surface area contributed by atoms with Crippen LogP contribution >= 0.6 is 15.9 Å². The van der Waals surface area contributed by atoms with Crippen molar-refractivity contribution >= 4 is 31.9 Å². The highest BCUT2D eigenvalue weighted by atomic mass is 79.9. The summed E-state index contributed by atoms with van der Waals surface area (Å²) in [6, 6.07) is 3.36. The van der Waals surface area contributed by atoms with Gasteiger partial charge in [-0.25, -0.2) is 17.9 Å². The van der Waals surface area contributed by atoms with Crippen molar-refractivity contribution in [3.8, 4) is 0 Å². The number of sulfonamides is 1. The molecule has 98 valence electrons. The molecule has 0 radical (unpaired) electrons. The zero-order chi connectivity index (χ0) is 13.9. The molecule has 0 saturated heterocycles. The molecule has 0 fully saturated rings. The summed E-state index contributed by atoms with van der Waals surface area (Å²) >= 11 is 3.09. The van der Waals surface area contributed by atoms with Crippen molar-refractivity contribution in [1.29, 1.82) is 0 Å². The largest absolute Gasteiger partial charge is 0.478 e. The maximum Gasteiger partial charge on any atom is 0.335 e. The van der Waals surface area contributed by atoms with Crippen molar-refractivity contribution in [2.45, 2.75) is 17.9 Å². The number of benzene rings is 1. The molecule has 18 heavy (non-hydrogen) atoms. The predicted molar refractivity (Wildman–Crippen MR) is 71.1 cm³/mol. The van der Waals surface area contributed by atoms with E-state index in [9.17, 15) is 13.2 Å². The number of carbonyl (C=O) groups is 1. The first-order valence-electron chi connectivity index (χ1n) is 4.95. The van der Waals surface area contributed by atoms with Crippen molar-refractivity contribution in [2.75, 3.05) is 0 Å². The van der Waals surface area contributed by atoms with Gasteiger partial charge < -0.3 is 5.11 Å². The van der Waals surface area contributed by atoms with Crippen LogP contribution in [0.2, 0.25) is 0 Å². The molecule has 0 aromatic heterocycles. The summed E-state index contributed by atoms with van der Waals surface area (Å²) in [4.78, 5) is 10.7.